The van der Waals surface area contributed by atoms with Crippen LogP contribution < -0.4 is 5.56 Å². The van der Waals surface area contributed by atoms with E-state index >= 15 is 0 Å². The van der Waals surface area contributed by atoms with Gasteiger partial charge in [-0.25, -0.2) is 4.68 Å². The number of carbonyl (C=O) groups excluding carboxylic acids is 1. The van der Waals surface area contributed by atoms with E-state index in [1.165, 1.54) is 11.8 Å². The highest BCUT2D eigenvalue weighted by molar-refractivity contribution is 7.16. The molecule has 3 heterocycles. The standard InChI is InChI=1S/C13H13N3O3S/c1-3-10-14-15(7-11(17)19-2)12(18)9-6-8-4-5-20-13(8)16(9)10/h4-6H,3,7H2,1-2H3. The second kappa shape index (κ2) is 4.75. The molecule has 0 aliphatic rings. The molecule has 0 aliphatic carbocycles. The van der Waals surface area contributed by atoms with Crippen LogP contribution in [0.4, 0.5) is 0 Å². The van der Waals surface area contributed by atoms with Crippen molar-refractivity contribution in [3.8, 4) is 0 Å². The minimum atomic E-state index is -0.487. The number of hydrogen-bond donors (Lipinski definition) is 0. The fourth-order valence-electron chi connectivity index (χ4n) is 2.22. The van der Waals surface area contributed by atoms with E-state index in [1.54, 1.807) is 11.3 Å². The molecule has 20 heavy (non-hydrogen) atoms. The lowest BCUT2D eigenvalue weighted by Crippen LogP contribution is -2.30. The first-order chi connectivity index (χ1) is 9.65. The Hall–Kier alpha value is -2.15. The molecule has 3 aromatic rings. The smallest absolute Gasteiger partial charge is 0.327 e. The van der Waals surface area contributed by atoms with Gasteiger partial charge < -0.3 is 4.74 Å². The fourth-order valence-corrected chi connectivity index (χ4v) is 3.14. The lowest BCUT2D eigenvalue weighted by atomic mass is 10.4. The van der Waals surface area contributed by atoms with Crippen molar-refractivity contribution in [1.29, 1.82) is 0 Å². The number of aromatic nitrogens is 3. The number of hydrogen-bond acceptors (Lipinski definition) is 5. The van der Waals surface area contributed by atoms with Gasteiger partial charge in [-0.15, -0.1) is 11.3 Å². The maximum Gasteiger partial charge on any atom is 0.327 e. The highest BCUT2D eigenvalue weighted by Gasteiger charge is 2.15. The number of fused-ring (bicyclic) bond motifs is 3. The van der Waals surface area contributed by atoms with E-state index in [-0.39, 0.29) is 12.1 Å². The van der Waals surface area contributed by atoms with Crippen molar-refractivity contribution >= 4 is 33.0 Å². The third-order valence-corrected chi connectivity index (χ3v) is 4.09. The molecule has 0 unspecified atom stereocenters. The van der Waals surface area contributed by atoms with Crippen LogP contribution in [0.25, 0.3) is 15.7 Å². The van der Waals surface area contributed by atoms with Crippen molar-refractivity contribution in [3.63, 3.8) is 0 Å². The molecule has 0 atom stereocenters. The van der Waals surface area contributed by atoms with Gasteiger partial charge in [0.05, 0.1) is 7.11 Å². The Morgan fingerprint density at radius 1 is 1.50 bits per heavy atom. The number of carbonyl (C=O) groups is 1. The number of methoxy groups -OCH3 is 1. The van der Waals surface area contributed by atoms with Gasteiger partial charge in [0, 0.05) is 11.8 Å². The first-order valence-electron chi connectivity index (χ1n) is 6.21. The monoisotopic (exact) mass is 291 g/mol. The van der Waals surface area contributed by atoms with E-state index < -0.39 is 5.97 Å². The summed E-state index contributed by atoms with van der Waals surface area (Å²) in [5.74, 6) is 0.264. The average molecular weight is 291 g/mol. The molecule has 0 amide bonds. The molecule has 3 aromatic heterocycles. The van der Waals surface area contributed by atoms with Crippen LogP contribution in [-0.4, -0.2) is 27.3 Å². The van der Waals surface area contributed by atoms with Crippen LogP contribution in [0.2, 0.25) is 0 Å². The number of thiophene rings is 1. The number of aryl methyl sites for hydroxylation is 1. The summed E-state index contributed by atoms with van der Waals surface area (Å²) in [5, 5.41) is 7.28. The predicted octanol–water partition coefficient (Wildman–Crippen LogP) is 1.45. The molecule has 0 aromatic carbocycles. The molecule has 0 fully saturated rings. The Balaban J connectivity index is 2.32. The van der Waals surface area contributed by atoms with Crippen molar-refractivity contribution in [2.45, 2.75) is 19.9 Å². The van der Waals surface area contributed by atoms with Gasteiger partial charge in [-0.05, 0) is 17.5 Å². The third-order valence-electron chi connectivity index (χ3n) is 3.18. The summed E-state index contributed by atoms with van der Waals surface area (Å²) in [4.78, 5) is 24.8. The van der Waals surface area contributed by atoms with Crippen molar-refractivity contribution < 1.29 is 9.53 Å². The minimum absolute atomic E-state index is 0.169. The van der Waals surface area contributed by atoms with Gasteiger partial charge in [-0.1, -0.05) is 6.92 Å². The van der Waals surface area contributed by atoms with Crippen LogP contribution in [0.15, 0.2) is 22.3 Å². The molecule has 0 saturated carbocycles. The number of esters is 1. The zero-order valence-corrected chi connectivity index (χ0v) is 11.9. The lowest BCUT2D eigenvalue weighted by molar-refractivity contribution is -0.141. The Morgan fingerprint density at radius 2 is 2.30 bits per heavy atom. The molecule has 0 saturated heterocycles. The topological polar surface area (TPSA) is 65.6 Å². The highest BCUT2D eigenvalue weighted by atomic mass is 32.1. The molecular formula is C13H13N3O3S. The Kier molecular flexibility index (Phi) is 3.06. The predicted molar refractivity (Wildman–Crippen MR) is 76.2 cm³/mol. The summed E-state index contributed by atoms with van der Waals surface area (Å²) in [6.45, 7) is 1.80. The summed E-state index contributed by atoms with van der Waals surface area (Å²) in [5.41, 5.74) is 0.263. The number of ether oxygens (including phenoxy) is 1. The van der Waals surface area contributed by atoms with Crippen LogP contribution >= 0.6 is 11.3 Å². The van der Waals surface area contributed by atoms with E-state index in [4.69, 9.17) is 0 Å². The van der Waals surface area contributed by atoms with Crippen LogP contribution in [0, 0.1) is 0 Å². The Bertz CT molecular complexity index is 859. The molecule has 3 rings (SSSR count). The van der Waals surface area contributed by atoms with Gasteiger partial charge in [0.15, 0.2) is 0 Å². The van der Waals surface area contributed by atoms with Crippen LogP contribution in [0.5, 0.6) is 0 Å². The zero-order chi connectivity index (χ0) is 14.3. The summed E-state index contributed by atoms with van der Waals surface area (Å²) < 4.78 is 7.64. The van der Waals surface area contributed by atoms with Crippen molar-refractivity contribution in [2.75, 3.05) is 7.11 Å². The minimum Gasteiger partial charge on any atom is -0.468 e. The normalized spacial score (nSPS) is 11.3. The molecule has 0 bridgehead atoms. The summed E-state index contributed by atoms with van der Waals surface area (Å²) in [7, 11) is 1.29. The van der Waals surface area contributed by atoms with Gasteiger partial charge >= 0.3 is 5.97 Å². The van der Waals surface area contributed by atoms with Gasteiger partial charge in [0.2, 0.25) is 0 Å². The maximum atomic E-state index is 12.4. The van der Waals surface area contributed by atoms with E-state index in [9.17, 15) is 9.59 Å². The molecular weight excluding hydrogens is 278 g/mol. The van der Waals surface area contributed by atoms with Crippen LogP contribution in [0.3, 0.4) is 0 Å². The number of rotatable bonds is 3. The average Bonchev–Trinajstić information content (AvgIpc) is 3.02. The van der Waals surface area contributed by atoms with Crippen LogP contribution in [0.1, 0.15) is 12.7 Å². The molecule has 0 radical (unpaired) electrons. The first-order valence-corrected chi connectivity index (χ1v) is 7.09. The number of nitrogens with zero attached hydrogens (tertiary/aromatic N) is 3. The van der Waals surface area contributed by atoms with Gasteiger partial charge in [0.1, 0.15) is 22.7 Å². The molecule has 7 heteroatoms. The van der Waals surface area contributed by atoms with Crippen LogP contribution in [-0.2, 0) is 22.5 Å². The van der Waals surface area contributed by atoms with E-state index in [0.717, 1.165) is 16.0 Å². The molecule has 0 spiro atoms. The highest BCUT2D eigenvalue weighted by Crippen LogP contribution is 2.24. The van der Waals surface area contributed by atoms with E-state index in [1.807, 2.05) is 28.8 Å². The quantitative estimate of drug-likeness (QED) is 0.685. The Morgan fingerprint density at radius 3 is 3.00 bits per heavy atom. The van der Waals surface area contributed by atoms with Gasteiger partial charge in [-0.3, -0.25) is 14.0 Å². The maximum absolute atomic E-state index is 12.4. The van der Waals surface area contributed by atoms with Gasteiger partial charge in [0.25, 0.3) is 5.56 Å². The molecule has 0 N–H and O–H groups in total. The van der Waals surface area contributed by atoms with Crippen molar-refractivity contribution in [3.05, 3.63) is 33.7 Å². The molecule has 0 aliphatic heterocycles. The molecule has 104 valence electrons. The second-order valence-electron chi connectivity index (χ2n) is 4.35. The zero-order valence-electron chi connectivity index (χ0n) is 11.1. The van der Waals surface area contributed by atoms with Gasteiger partial charge in [-0.2, -0.15) is 5.10 Å². The second-order valence-corrected chi connectivity index (χ2v) is 5.25. The summed E-state index contributed by atoms with van der Waals surface area (Å²) in [6.07, 6.45) is 0.666. The van der Waals surface area contributed by atoms with E-state index in [0.29, 0.717) is 11.9 Å². The summed E-state index contributed by atoms with van der Waals surface area (Å²) >= 11 is 1.57. The molecule has 6 nitrogen and oxygen atoms in total. The fraction of sp³-hybridized carbons (Fsp3) is 0.308. The first kappa shape index (κ1) is 12.9. The SMILES string of the molecule is CCc1nn(CC(=O)OC)c(=O)c2cc3ccsc3n12. The van der Waals surface area contributed by atoms with Crippen molar-refractivity contribution in [2.24, 2.45) is 0 Å². The third kappa shape index (κ3) is 1.82. The Labute approximate surface area is 118 Å². The van der Waals surface area contributed by atoms with Crippen molar-refractivity contribution in [1.82, 2.24) is 14.2 Å². The summed E-state index contributed by atoms with van der Waals surface area (Å²) in [6, 6.07) is 3.80. The lowest BCUT2D eigenvalue weighted by Gasteiger charge is -2.08. The van der Waals surface area contributed by atoms with E-state index in [2.05, 4.69) is 9.84 Å². The largest absolute Gasteiger partial charge is 0.468 e.